The number of nitrogens with zero attached hydrogens (tertiary/aromatic N) is 2. The molecule has 1 heterocycles. The molecule has 1 aromatic heterocycles. The highest BCUT2D eigenvalue weighted by Crippen LogP contribution is 2.48. The maximum Gasteiger partial charge on any atom is 0.294 e. The molecular weight excluding hydrogens is 262 g/mol. The highest BCUT2D eigenvalue weighted by Gasteiger charge is 2.42. The summed E-state index contributed by atoms with van der Waals surface area (Å²) >= 11 is 4.60. The summed E-state index contributed by atoms with van der Waals surface area (Å²) in [6.07, 6.45) is 8.39. The lowest BCUT2D eigenvalue weighted by Gasteiger charge is -2.27. The molecule has 1 fully saturated rings. The van der Waals surface area contributed by atoms with E-state index in [9.17, 15) is 4.79 Å². The van der Waals surface area contributed by atoms with Gasteiger partial charge < -0.3 is 10.9 Å². The highest BCUT2D eigenvalue weighted by atomic mass is 32.1. The number of carbonyl (C=O) groups is 1. The van der Waals surface area contributed by atoms with Crippen LogP contribution in [0.15, 0.2) is 12.5 Å². The highest BCUT2D eigenvalue weighted by molar-refractivity contribution is 7.81. The van der Waals surface area contributed by atoms with Crippen LogP contribution in [0.3, 0.4) is 0 Å². The smallest absolute Gasteiger partial charge is 0.294 e. The summed E-state index contributed by atoms with van der Waals surface area (Å²) in [7, 11) is 0. The predicted octanol–water partition coefficient (Wildman–Crippen LogP) is 2.27. The Morgan fingerprint density at radius 3 is 3.11 bits per heavy atom. The van der Waals surface area contributed by atoms with Crippen LogP contribution >= 0.6 is 12.6 Å². The summed E-state index contributed by atoms with van der Waals surface area (Å²) in [5, 5.41) is 0. The monoisotopic (exact) mass is 281 g/mol. The van der Waals surface area contributed by atoms with Crippen molar-refractivity contribution in [2.24, 2.45) is 5.92 Å². The van der Waals surface area contributed by atoms with E-state index in [-0.39, 0.29) is 6.15 Å². The molecule has 3 atom stereocenters. The van der Waals surface area contributed by atoms with Crippen molar-refractivity contribution in [2.45, 2.75) is 43.0 Å². The number of hydrogen-bond donors (Lipinski definition) is 2. The lowest BCUT2D eigenvalue weighted by atomic mass is 9.90. The SMILES string of the molecule is N.O=COC1(S)Cc2cncnc2C2CCCC2C1. The molecule has 1 saturated carbocycles. The van der Waals surface area contributed by atoms with Crippen LogP contribution in [0.4, 0.5) is 0 Å². The van der Waals surface area contributed by atoms with E-state index in [0.29, 0.717) is 24.7 Å². The van der Waals surface area contributed by atoms with Crippen LogP contribution in [0.25, 0.3) is 0 Å². The van der Waals surface area contributed by atoms with Gasteiger partial charge in [-0.05, 0) is 24.3 Å². The molecule has 2 aliphatic rings. The molecule has 3 rings (SSSR count). The molecule has 2 aliphatic carbocycles. The average Bonchev–Trinajstić information content (AvgIpc) is 2.73. The van der Waals surface area contributed by atoms with E-state index in [0.717, 1.165) is 17.7 Å². The lowest BCUT2D eigenvalue weighted by molar-refractivity contribution is -0.136. The number of hydrogen-bond acceptors (Lipinski definition) is 6. The van der Waals surface area contributed by atoms with Crippen LogP contribution in [-0.2, 0) is 16.0 Å². The zero-order chi connectivity index (χ0) is 12.6. The fourth-order valence-corrected chi connectivity index (χ4v) is 3.89. The van der Waals surface area contributed by atoms with Crippen molar-refractivity contribution in [1.29, 1.82) is 0 Å². The average molecular weight is 281 g/mol. The first-order valence-electron chi connectivity index (χ1n) is 6.34. The Labute approximate surface area is 118 Å². The Morgan fingerprint density at radius 2 is 2.32 bits per heavy atom. The van der Waals surface area contributed by atoms with Crippen molar-refractivity contribution in [3.05, 3.63) is 23.8 Å². The minimum absolute atomic E-state index is 0. The summed E-state index contributed by atoms with van der Waals surface area (Å²) < 4.78 is 5.24. The van der Waals surface area contributed by atoms with Gasteiger partial charge in [-0.25, -0.2) is 9.97 Å². The number of aromatic nitrogens is 2. The van der Waals surface area contributed by atoms with Crippen molar-refractivity contribution in [2.75, 3.05) is 0 Å². The second-order valence-corrected chi connectivity index (χ2v) is 6.09. The first kappa shape index (κ1) is 14.3. The minimum Gasteiger partial charge on any atom is -0.450 e. The second kappa shape index (κ2) is 5.46. The lowest BCUT2D eigenvalue weighted by Crippen LogP contribution is -2.29. The normalized spacial score (nSPS) is 32.5. The van der Waals surface area contributed by atoms with Crippen molar-refractivity contribution in [3.63, 3.8) is 0 Å². The third-order valence-corrected chi connectivity index (χ3v) is 4.59. The summed E-state index contributed by atoms with van der Waals surface area (Å²) in [6.45, 7) is 0.506. The Balaban J connectivity index is 0.00000133. The Bertz CT molecular complexity index is 471. The molecule has 3 N–H and O–H groups in total. The fourth-order valence-electron chi connectivity index (χ4n) is 3.44. The first-order chi connectivity index (χ1) is 8.72. The molecule has 104 valence electrons. The zero-order valence-electron chi connectivity index (χ0n) is 10.8. The van der Waals surface area contributed by atoms with Gasteiger partial charge in [-0.15, -0.1) is 12.6 Å². The van der Waals surface area contributed by atoms with Crippen LogP contribution in [0.1, 0.15) is 42.9 Å². The van der Waals surface area contributed by atoms with Gasteiger partial charge in [-0.2, -0.15) is 0 Å². The first-order valence-corrected chi connectivity index (χ1v) is 6.79. The zero-order valence-corrected chi connectivity index (χ0v) is 11.7. The topological polar surface area (TPSA) is 87.1 Å². The van der Waals surface area contributed by atoms with Gasteiger partial charge in [0.2, 0.25) is 0 Å². The Kier molecular flexibility index (Phi) is 4.10. The van der Waals surface area contributed by atoms with Crippen molar-refractivity contribution >= 4 is 19.1 Å². The summed E-state index contributed by atoms with van der Waals surface area (Å²) in [4.78, 5) is 18.5. The number of thiol groups is 1. The molecule has 0 radical (unpaired) electrons. The van der Waals surface area contributed by atoms with Crippen LogP contribution in [0, 0.1) is 5.92 Å². The van der Waals surface area contributed by atoms with Crippen molar-refractivity contribution in [1.82, 2.24) is 16.1 Å². The summed E-state index contributed by atoms with van der Waals surface area (Å²) in [6, 6.07) is 0. The maximum absolute atomic E-state index is 10.7. The van der Waals surface area contributed by atoms with E-state index in [4.69, 9.17) is 4.74 Å². The van der Waals surface area contributed by atoms with E-state index >= 15 is 0 Å². The molecule has 6 heteroatoms. The Hall–Kier alpha value is -1.14. The molecule has 5 nitrogen and oxygen atoms in total. The quantitative estimate of drug-likeness (QED) is 0.493. The third-order valence-electron chi connectivity index (χ3n) is 4.15. The largest absolute Gasteiger partial charge is 0.450 e. The van der Waals surface area contributed by atoms with Crippen LogP contribution in [-0.4, -0.2) is 21.4 Å². The molecule has 0 spiro atoms. The van der Waals surface area contributed by atoms with Gasteiger partial charge in [-0.3, -0.25) is 4.79 Å². The van der Waals surface area contributed by atoms with Gasteiger partial charge in [0.05, 0.1) is 5.69 Å². The van der Waals surface area contributed by atoms with E-state index in [1.165, 1.54) is 19.3 Å². The molecule has 1 aromatic rings. The predicted molar refractivity (Wildman–Crippen MR) is 74.3 cm³/mol. The van der Waals surface area contributed by atoms with Gasteiger partial charge >= 0.3 is 0 Å². The minimum atomic E-state index is -0.703. The third kappa shape index (κ3) is 2.60. The molecule has 0 amide bonds. The summed E-state index contributed by atoms with van der Waals surface area (Å²) in [5.74, 6) is 0.992. The van der Waals surface area contributed by atoms with Gasteiger partial charge in [0.25, 0.3) is 6.47 Å². The second-order valence-electron chi connectivity index (χ2n) is 5.27. The molecular formula is C13H19N3O2S. The van der Waals surface area contributed by atoms with E-state index < -0.39 is 4.93 Å². The fraction of sp³-hybridized carbons (Fsp3) is 0.615. The van der Waals surface area contributed by atoms with Crippen LogP contribution in [0.5, 0.6) is 0 Å². The molecule has 0 bridgehead atoms. The summed E-state index contributed by atoms with van der Waals surface area (Å²) in [5.41, 5.74) is 2.21. The van der Waals surface area contributed by atoms with Crippen LogP contribution < -0.4 is 6.15 Å². The van der Waals surface area contributed by atoms with E-state index in [1.54, 1.807) is 6.33 Å². The number of rotatable bonds is 2. The van der Waals surface area contributed by atoms with Gasteiger partial charge in [0.15, 0.2) is 4.93 Å². The molecule has 0 aromatic carbocycles. The maximum atomic E-state index is 10.7. The molecule has 0 aliphatic heterocycles. The number of carbonyl (C=O) groups excluding carboxylic acids is 1. The van der Waals surface area contributed by atoms with Crippen molar-refractivity contribution in [3.8, 4) is 0 Å². The Morgan fingerprint density at radius 1 is 1.47 bits per heavy atom. The number of ether oxygens (including phenoxy) is 1. The van der Waals surface area contributed by atoms with Crippen molar-refractivity contribution < 1.29 is 9.53 Å². The molecule has 19 heavy (non-hydrogen) atoms. The molecule has 3 unspecified atom stereocenters. The van der Waals surface area contributed by atoms with E-state index in [1.807, 2.05) is 6.20 Å². The van der Waals surface area contributed by atoms with E-state index in [2.05, 4.69) is 22.6 Å². The van der Waals surface area contributed by atoms with Gasteiger partial charge in [0, 0.05) is 25.0 Å². The van der Waals surface area contributed by atoms with Gasteiger partial charge in [0.1, 0.15) is 6.33 Å². The standard InChI is InChI=1S/C13H16N2O2S.H3N/c16-8-17-13(18)4-9-2-1-3-11(9)12-10(5-13)6-14-7-15-12;/h6-9,11,18H,1-5H2;1H3. The molecule has 0 saturated heterocycles. The van der Waals surface area contributed by atoms with Crippen LogP contribution in [0.2, 0.25) is 0 Å². The van der Waals surface area contributed by atoms with Gasteiger partial charge in [-0.1, -0.05) is 6.42 Å². The number of fused-ring (bicyclic) bond motifs is 3.